The number of hydrogen-bond donors (Lipinski definition) is 2. The van der Waals surface area contributed by atoms with E-state index < -0.39 is 12.0 Å². The van der Waals surface area contributed by atoms with Crippen LogP contribution in [0.2, 0.25) is 0 Å². The average molecular weight is 378 g/mol. The van der Waals surface area contributed by atoms with Crippen molar-refractivity contribution >= 4 is 33.3 Å². The van der Waals surface area contributed by atoms with Gasteiger partial charge >= 0.3 is 5.97 Å². The molecule has 0 aliphatic carbocycles. The molecule has 2 aromatic rings. The van der Waals surface area contributed by atoms with E-state index in [4.69, 9.17) is 4.74 Å². The maximum absolute atomic E-state index is 12.1. The molecule has 26 heavy (non-hydrogen) atoms. The lowest BCUT2D eigenvalue weighted by Crippen LogP contribution is -2.42. The number of benzene rings is 1. The van der Waals surface area contributed by atoms with E-state index in [9.17, 15) is 14.7 Å². The Morgan fingerprint density at radius 3 is 2.69 bits per heavy atom. The number of fused-ring (bicyclic) bond motifs is 1. The zero-order valence-corrected chi connectivity index (χ0v) is 16.4. The number of carbonyl (C=O) groups excluding carboxylic acids is 1. The van der Waals surface area contributed by atoms with Crippen molar-refractivity contribution in [2.45, 2.75) is 58.1 Å². The largest absolute Gasteiger partial charge is 0.480 e. The van der Waals surface area contributed by atoms with Gasteiger partial charge in [0.25, 0.3) is 0 Å². The van der Waals surface area contributed by atoms with Gasteiger partial charge in [0, 0.05) is 24.1 Å². The first-order valence-electron chi connectivity index (χ1n) is 8.87. The minimum Gasteiger partial charge on any atom is -0.480 e. The summed E-state index contributed by atoms with van der Waals surface area (Å²) >= 11 is 1.71. The van der Waals surface area contributed by atoms with Crippen molar-refractivity contribution in [2.24, 2.45) is 0 Å². The average Bonchev–Trinajstić information content (AvgIpc) is 2.96. The van der Waals surface area contributed by atoms with Crippen molar-refractivity contribution in [1.82, 2.24) is 5.32 Å². The summed E-state index contributed by atoms with van der Waals surface area (Å²) in [6.45, 7) is 6.03. The Labute approximate surface area is 158 Å². The molecule has 142 valence electrons. The van der Waals surface area contributed by atoms with Gasteiger partial charge in [-0.3, -0.25) is 4.79 Å². The third-order valence-electron chi connectivity index (χ3n) is 3.99. The molecule has 0 saturated carbocycles. The van der Waals surface area contributed by atoms with Crippen LogP contribution in [-0.2, 0) is 20.7 Å². The number of aryl methyl sites for hydroxylation is 1. The van der Waals surface area contributed by atoms with Gasteiger partial charge in [0.05, 0.1) is 5.60 Å². The van der Waals surface area contributed by atoms with Crippen LogP contribution in [0.1, 0.15) is 45.6 Å². The quantitative estimate of drug-likeness (QED) is 0.693. The predicted molar refractivity (Wildman–Crippen MR) is 105 cm³/mol. The van der Waals surface area contributed by atoms with E-state index >= 15 is 0 Å². The number of thiophene rings is 1. The highest BCUT2D eigenvalue weighted by atomic mass is 32.1. The van der Waals surface area contributed by atoms with Crippen molar-refractivity contribution in [3.8, 4) is 0 Å². The number of nitrogens with one attached hydrogen (secondary N) is 1. The van der Waals surface area contributed by atoms with Crippen LogP contribution in [0.25, 0.3) is 10.1 Å². The van der Waals surface area contributed by atoms with Gasteiger partial charge in [-0.25, -0.2) is 4.79 Å². The predicted octanol–water partition coefficient (Wildman–Crippen LogP) is 4.00. The summed E-state index contributed by atoms with van der Waals surface area (Å²) in [6.07, 6.45) is 2.07. The number of hydrogen-bond acceptors (Lipinski definition) is 4. The monoisotopic (exact) mass is 377 g/mol. The molecule has 1 heterocycles. The molecule has 0 aliphatic rings. The van der Waals surface area contributed by atoms with Crippen LogP contribution in [0.5, 0.6) is 0 Å². The van der Waals surface area contributed by atoms with E-state index in [1.807, 2.05) is 32.9 Å². The van der Waals surface area contributed by atoms with Crippen LogP contribution < -0.4 is 5.32 Å². The molecule has 1 amide bonds. The molecule has 0 saturated heterocycles. The number of amides is 1. The lowest BCUT2D eigenvalue weighted by molar-refractivity contribution is -0.142. The van der Waals surface area contributed by atoms with E-state index in [0.717, 1.165) is 6.42 Å². The smallest absolute Gasteiger partial charge is 0.326 e. The van der Waals surface area contributed by atoms with Gasteiger partial charge in [-0.1, -0.05) is 18.2 Å². The molecule has 0 radical (unpaired) electrons. The standard InChI is InChI=1S/C20H27NO4S/c1-20(2,3)25-12-11-16(19(23)24)21-18(22)10-6-7-14-13-26-17-9-5-4-8-15(14)17/h4-5,8-9,13,16H,6-7,10-12H2,1-3H3,(H,21,22)(H,23,24). The highest BCUT2D eigenvalue weighted by molar-refractivity contribution is 7.17. The van der Waals surface area contributed by atoms with Gasteiger partial charge in [0.2, 0.25) is 5.91 Å². The SMILES string of the molecule is CC(C)(C)OCCC(NC(=O)CCCc1csc2ccccc12)C(=O)O. The van der Waals surface area contributed by atoms with Crippen molar-refractivity contribution in [3.05, 3.63) is 35.2 Å². The fourth-order valence-electron chi connectivity index (χ4n) is 2.67. The molecule has 0 fully saturated rings. The summed E-state index contributed by atoms with van der Waals surface area (Å²) in [5.41, 5.74) is 0.919. The number of ether oxygens (including phenoxy) is 1. The number of carboxylic acid groups (broad SMARTS) is 1. The van der Waals surface area contributed by atoms with E-state index in [2.05, 4.69) is 22.8 Å². The van der Waals surface area contributed by atoms with Crippen molar-refractivity contribution in [3.63, 3.8) is 0 Å². The second kappa shape index (κ2) is 9.14. The summed E-state index contributed by atoms with van der Waals surface area (Å²) in [5, 5.41) is 15.2. The molecule has 2 rings (SSSR count). The Bertz CT molecular complexity index is 748. The molecular weight excluding hydrogens is 350 g/mol. The topological polar surface area (TPSA) is 75.6 Å². The fraction of sp³-hybridized carbons (Fsp3) is 0.500. The molecule has 1 aromatic carbocycles. The number of aliphatic carboxylic acids is 1. The molecular formula is C20H27NO4S. The molecule has 0 bridgehead atoms. The van der Waals surface area contributed by atoms with E-state index in [1.54, 1.807) is 11.3 Å². The van der Waals surface area contributed by atoms with Gasteiger partial charge in [0.1, 0.15) is 6.04 Å². The minimum atomic E-state index is -1.03. The van der Waals surface area contributed by atoms with E-state index in [-0.39, 0.29) is 17.9 Å². The van der Waals surface area contributed by atoms with Crippen LogP contribution in [0, 0.1) is 0 Å². The third-order valence-corrected chi connectivity index (χ3v) is 5.00. The molecule has 0 spiro atoms. The highest BCUT2D eigenvalue weighted by Gasteiger charge is 2.21. The fourth-order valence-corrected chi connectivity index (χ4v) is 3.67. The first-order chi connectivity index (χ1) is 12.3. The Kier molecular flexibility index (Phi) is 7.17. The molecule has 0 aliphatic heterocycles. The van der Waals surface area contributed by atoms with Gasteiger partial charge in [-0.05, 0) is 56.0 Å². The summed E-state index contributed by atoms with van der Waals surface area (Å²) < 4.78 is 6.80. The first-order valence-corrected chi connectivity index (χ1v) is 9.75. The molecule has 1 atom stereocenters. The molecule has 1 aromatic heterocycles. The number of carbonyl (C=O) groups is 2. The lowest BCUT2D eigenvalue weighted by Gasteiger charge is -2.21. The minimum absolute atomic E-state index is 0.229. The van der Waals surface area contributed by atoms with Crippen molar-refractivity contribution in [1.29, 1.82) is 0 Å². The first kappa shape index (κ1) is 20.4. The van der Waals surface area contributed by atoms with E-state index in [1.165, 1.54) is 15.6 Å². The summed E-state index contributed by atoms with van der Waals surface area (Å²) in [5.74, 6) is -1.26. The Hall–Kier alpha value is -1.92. The second-order valence-electron chi connectivity index (χ2n) is 7.32. The molecule has 2 N–H and O–H groups in total. The lowest BCUT2D eigenvalue weighted by atomic mass is 10.1. The Morgan fingerprint density at radius 2 is 2.00 bits per heavy atom. The van der Waals surface area contributed by atoms with E-state index in [0.29, 0.717) is 19.4 Å². The second-order valence-corrected chi connectivity index (χ2v) is 8.23. The number of rotatable bonds is 9. The summed E-state index contributed by atoms with van der Waals surface area (Å²) in [6, 6.07) is 7.31. The van der Waals surface area contributed by atoms with Crippen LogP contribution in [0.15, 0.2) is 29.6 Å². The Morgan fingerprint density at radius 1 is 1.27 bits per heavy atom. The van der Waals surface area contributed by atoms with Crippen molar-refractivity contribution in [2.75, 3.05) is 6.61 Å². The molecule has 5 nitrogen and oxygen atoms in total. The molecule has 1 unspecified atom stereocenters. The van der Waals surface area contributed by atoms with Gasteiger partial charge in [-0.2, -0.15) is 0 Å². The zero-order valence-electron chi connectivity index (χ0n) is 15.6. The maximum Gasteiger partial charge on any atom is 0.326 e. The van der Waals surface area contributed by atoms with Gasteiger partial charge < -0.3 is 15.2 Å². The normalized spacial score (nSPS) is 12.9. The summed E-state index contributed by atoms with van der Waals surface area (Å²) in [7, 11) is 0. The van der Waals surface area contributed by atoms with Crippen LogP contribution in [0.4, 0.5) is 0 Å². The van der Waals surface area contributed by atoms with Crippen LogP contribution >= 0.6 is 11.3 Å². The summed E-state index contributed by atoms with van der Waals surface area (Å²) in [4.78, 5) is 23.4. The maximum atomic E-state index is 12.1. The van der Waals surface area contributed by atoms with Gasteiger partial charge in [-0.15, -0.1) is 11.3 Å². The van der Waals surface area contributed by atoms with Crippen LogP contribution in [-0.4, -0.2) is 35.2 Å². The van der Waals surface area contributed by atoms with Crippen molar-refractivity contribution < 1.29 is 19.4 Å². The molecule has 6 heteroatoms. The zero-order chi connectivity index (χ0) is 19.2. The van der Waals surface area contributed by atoms with Gasteiger partial charge in [0.15, 0.2) is 0 Å². The van der Waals surface area contributed by atoms with Crippen LogP contribution in [0.3, 0.4) is 0 Å². The number of carboxylic acids is 1. The third kappa shape index (κ3) is 6.42. The highest BCUT2D eigenvalue weighted by Crippen LogP contribution is 2.26. The Balaban J connectivity index is 1.78.